The first-order valence-electron chi connectivity index (χ1n) is 7.28. The van der Waals surface area contributed by atoms with Crippen LogP contribution in [0.15, 0.2) is 0 Å². The van der Waals surface area contributed by atoms with Crippen molar-refractivity contribution in [1.82, 2.24) is 10.2 Å². The highest BCUT2D eigenvalue weighted by molar-refractivity contribution is 4.62. The van der Waals surface area contributed by atoms with Crippen LogP contribution >= 0.6 is 0 Å². The van der Waals surface area contributed by atoms with Crippen LogP contribution in [0, 0.1) is 0 Å². The molecule has 0 saturated carbocycles. The molecule has 0 aromatic rings. The van der Waals surface area contributed by atoms with Crippen molar-refractivity contribution in [2.75, 3.05) is 39.4 Å². The summed E-state index contributed by atoms with van der Waals surface area (Å²) in [6.45, 7) is 15.1. The molecule has 3 nitrogen and oxygen atoms in total. The average Bonchev–Trinajstić information content (AvgIpc) is 2.34. The van der Waals surface area contributed by atoms with Crippen molar-refractivity contribution >= 4 is 0 Å². The van der Waals surface area contributed by atoms with E-state index in [9.17, 15) is 0 Å². The second kappa shape index (κ2) is 12.3. The van der Waals surface area contributed by atoms with Gasteiger partial charge in [0.15, 0.2) is 0 Å². The van der Waals surface area contributed by atoms with Crippen molar-refractivity contribution in [3.63, 3.8) is 0 Å². The van der Waals surface area contributed by atoms with Gasteiger partial charge in [0.05, 0.1) is 6.61 Å². The van der Waals surface area contributed by atoms with Gasteiger partial charge in [-0.2, -0.15) is 0 Å². The van der Waals surface area contributed by atoms with Gasteiger partial charge in [0.2, 0.25) is 0 Å². The molecule has 0 rings (SSSR count). The maximum atomic E-state index is 5.44. The van der Waals surface area contributed by atoms with E-state index in [1.165, 1.54) is 32.5 Å². The first kappa shape index (κ1) is 16.9. The average molecular weight is 244 g/mol. The third-order valence-corrected chi connectivity index (χ3v) is 3.09. The highest BCUT2D eigenvalue weighted by atomic mass is 16.5. The molecule has 0 amide bonds. The minimum absolute atomic E-state index is 0.607. The lowest BCUT2D eigenvalue weighted by Crippen LogP contribution is -2.31. The maximum absolute atomic E-state index is 5.44. The summed E-state index contributed by atoms with van der Waals surface area (Å²) in [7, 11) is 0. The largest absolute Gasteiger partial charge is 0.380 e. The highest BCUT2D eigenvalue weighted by Crippen LogP contribution is 1.99. The molecule has 1 atom stereocenters. The van der Waals surface area contributed by atoms with E-state index in [1.807, 2.05) is 0 Å². The van der Waals surface area contributed by atoms with Crippen LogP contribution in [0.3, 0.4) is 0 Å². The van der Waals surface area contributed by atoms with E-state index in [4.69, 9.17) is 4.74 Å². The van der Waals surface area contributed by atoms with Crippen molar-refractivity contribution in [3.8, 4) is 0 Å². The normalized spacial score (nSPS) is 13.2. The molecule has 0 radical (unpaired) electrons. The fourth-order valence-corrected chi connectivity index (χ4v) is 1.89. The van der Waals surface area contributed by atoms with Gasteiger partial charge in [-0.25, -0.2) is 0 Å². The summed E-state index contributed by atoms with van der Waals surface area (Å²) >= 11 is 0. The van der Waals surface area contributed by atoms with Crippen LogP contribution in [0.25, 0.3) is 0 Å². The number of ether oxygens (including phenoxy) is 1. The van der Waals surface area contributed by atoms with E-state index < -0.39 is 0 Å². The van der Waals surface area contributed by atoms with E-state index in [2.05, 4.69) is 37.9 Å². The molecule has 0 bridgehead atoms. The molecule has 0 aromatic carbocycles. The summed E-state index contributed by atoms with van der Waals surface area (Å²) in [6, 6.07) is 0.607. The van der Waals surface area contributed by atoms with Gasteiger partial charge < -0.3 is 15.0 Å². The van der Waals surface area contributed by atoms with Gasteiger partial charge in [-0.3, -0.25) is 0 Å². The van der Waals surface area contributed by atoms with Gasteiger partial charge in [-0.1, -0.05) is 20.8 Å². The Bertz CT molecular complexity index is 149. The zero-order valence-corrected chi connectivity index (χ0v) is 12.3. The molecule has 104 valence electrons. The van der Waals surface area contributed by atoms with E-state index in [-0.39, 0.29) is 0 Å². The Morgan fingerprint density at radius 3 is 2.41 bits per heavy atom. The molecule has 17 heavy (non-hydrogen) atoms. The number of nitrogens with one attached hydrogen (secondary N) is 1. The Morgan fingerprint density at radius 2 is 1.82 bits per heavy atom. The summed E-state index contributed by atoms with van der Waals surface area (Å²) < 4.78 is 5.44. The molecule has 0 fully saturated rings. The first-order valence-corrected chi connectivity index (χ1v) is 7.28. The van der Waals surface area contributed by atoms with Gasteiger partial charge in [0.25, 0.3) is 0 Å². The van der Waals surface area contributed by atoms with Crippen LogP contribution in [-0.4, -0.2) is 50.3 Å². The second-order valence-corrected chi connectivity index (χ2v) is 4.64. The van der Waals surface area contributed by atoms with Crippen molar-refractivity contribution in [3.05, 3.63) is 0 Å². The van der Waals surface area contributed by atoms with E-state index in [0.29, 0.717) is 6.04 Å². The van der Waals surface area contributed by atoms with Crippen LogP contribution in [0.5, 0.6) is 0 Å². The Morgan fingerprint density at radius 1 is 1.12 bits per heavy atom. The smallest absolute Gasteiger partial charge is 0.0590 e. The molecule has 1 N–H and O–H groups in total. The molecule has 3 heteroatoms. The lowest BCUT2D eigenvalue weighted by Gasteiger charge is -2.19. The predicted octanol–water partition coefficient (Wildman–Crippen LogP) is 2.51. The standard InChI is InChI=1S/C14H32N2O/c1-5-12-17-13-10-15-14(4)9-8-11-16(6-2)7-3/h14-15H,5-13H2,1-4H3. The second-order valence-electron chi connectivity index (χ2n) is 4.64. The number of nitrogens with zero attached hydrogens (tertiary/aromatic N) is 1. The van der Waals surface area contributed by atoms with Gasteiger partial charge in [0, 0.05) is 19.2 Å². The lowest BCUT2D eigenvalue weighted by molar-refractivity contribution is 0.134. The van der Waals surface area contributed by atoms with Crippen LogP contribution in [0.1, 0.15) is 47.0 Å². The first-order chi connectivity index (χ1) is 8.24. The van der Waals surface area contributed by atoms with Crippen molar-refractivity contribution in [2.24, 2.45) is 0 Å². The Kier molecular flexibility index (Phi) is 12.3. The zero-order chi connectivity index (χ0) is 12.9. The topological polar surface area (TPSA) is 24.5 Å². The number of hydrogen-bond acceptors (Lipinski definition) is 3. The van der Waals surface area contributed by atoms with Crippen molar-refractivity contribution in [1.29, 1.82) is 0 Å². The monoisotopic (exact) mass is 244 g/mol. The molecular weight excluding hydrogens is 212 g/mol. The minimum atomic E-state index is 0.607. The Labute approximate surface area is 108 Å². The Balaban J connectivity index is 3.30. The third-order valence-electron chi connectivity index (χ3n) is 3.09. The highest BCUT2D eigenvalue weighted by Gasteiger charge is 2.03. The fraction of sp³-hybridized carbons (Fsp3) is 1.00. The molecule has 0 aliphatic rings. The van der Waals surface area contributed by atoms with Crippen LogP contribution < -0.4 is 5.32 Å². The van der Waals surface area contributed by atoms with Crippen LogP contribution in [0.2, 0.25) is 0 Å². The van der Waals surface area contributed by atoms with Crippen LogP contribution in [0.4, 0.5) is 0 Å². The van der Waals surface area contributed by atoms with Crippen molar-refractivity contribution < 1.29 is 4.74 Å². The molecule has 0 aliphatic carbocycles. The minimum Gasteiger partial charge on any atom is -0.380 e. The van der Waals surface area contributed by atoms with Gasteiger partial charge in [-0.15, -0.1) is 0 Å². The quantitative estimate of drug-likeness (QED) is 0.534. The third kappa shape index (κ3) is 10.7. The molecule has 1 unspecified atom stereocenters. The summed E-state index contributed by atoms with van der Waals surface area (Å²) in [5, 5.41) is 3.51. The number of hydrogen-bond donors (Lipinski definition) is 1. The summed E-state index contributed by atoms with van der Waals surface area (Å²) in [5.74, 6) is 0. The lowest BCUT2D eigenvalue weighted by atomic mass is 10.2. The molecule has 0 aliphatic heterocycles. The van der Waals surface area contributed by atoms with Gasteiger partial charge >= 0.3 is 0 Å². The zero-order valence-electron chi connectivity index (χ0n) is 12.3. The maximum Gasteiger partial charge on any atom is 0.0590 e. The summed E-state index contributed by atoms with van der Waals surface area (Å²) in [4.78, 5) is 2.48. The van der Waals surface area contributed by atoms with Crippen LogP contribution in [-0.2, 0) is 4.74 Å². The predicted molar refractivity (Wildman–Crippen MR) is 75.6 cm³/mol. The van der Waals surface area contributed by atoms with Crippen molar-refractivity contribution in [2.45, 2.75) is 53.0 Å². The Hall–Kier alpha value is -0.120. The summed E-state index contributed by atoms with van der Waals surface area (Å²) in [5.41, 5.74) is 0. The molecule has 0 saturated heterocycles. The molecule has 0 heterocycles. The number of rotatable bonds is 12. The van der Waals surface area contributed by atoms with E-state index in [0.717, 1.165) is 26.2 Å². The van der Waals surface area contributed by atoms with E-state index >= 15 is 0 Å². The molecular formula is C14H32N2O. The SMILES string of the molecule is CCCOCCNC(C)CCCN(CC)CC. The molecule has 0 spiro atoms. The van der Waals surface area contributed by atoms with E-state index in [1.54, 1.807) is 0 Å². The van der Waals surface area contributed by atoms with Gasteiger partial charge in [-0.05, 0) is 45.8 Å². The fourth-order valence-electron chi connectivity index (χ4n) is 1.89. The summed E-state index contributed by atoms with van der Waals surface area (Å²) in [6.07, 6.45) is 3.65. The molecule has 0 aromatic heterocycles. The van der Waals surface area contributed by atoms with Gasteiger partial charge in [0.1, 0.15) is 0 Å².